The molecular weight excluding hydrogens is 514 g/mol. The summed E-state index contributed by atoms with van der Waals surface area (Å²) in [4.78, 5) is 14.4. The fourth-order valence-electron chi connectivity index (χ4n) is 3.49. The number of carbonyl (C=O) groups is 1. The molecule has 7 nitrogen and oxygen atoms in total. The number of aryl methyl sites for hydroxylation is 1. The highest BCUT2D eigenvalue weighted by Crippen LogP contribution is 2.24. The average Bonchev–Trinajstić information content (AvgIpc) is 3.21. The zero-order valence-electron chi connectivity index (χ0n) is 19.2. The number of nitrogens with one attached hydrogen (secondary N) is 2. The van der Waals surface area contributed by atoms with E-state index in [0.717, 1.165) is 26.9 Å². The van der Waals surface area contributed by atoms with Crippen molar-refractivity contribution < 1.29 is 9.53 Å². The van der Waals surface area contributed by atoms with Crippen LogP contribution in [0.2, 0.25) is 0 Å². The van der Waals surface area contributed by atoms with E-state index in [1.54, 1.807) is 23.0 Å². The third-order valence-electron chi connectivity index (χ3n) is 5.40. The summed E-state index contributed by atoms with van der Waals surface area (Å²) in [5.41, 5.74) is 5.66. The van der Waals surface area contributed by atoms with Crippen LogP contribution in [0.5, 0.6) is 5.75 Å². The quantitative estimate of drug-likeness (QED) is 0.315. The maximum absolute atomic E-state index is 12.7. The van der Waals surface area contributed by atoms with Crippen LogP contribution in [0.3, 0.4) is 0 Å². The number of anilines is 1. The molecule has 0 saturated heterocycles. The third kappa shape index (κ3) is 5.10. The molecular formula is C25H24BrN5O2S. The van der Waals surface area contributed by atoms with Crippen LogP contribution in [0.15, 0.2) is 59.1 Å². The van der Waals surface area contributed by atoms with Gasteiger partial charge in [0.05, 0.1) is 18.4 Å². The number of aromatic nitrogens is 3. The SMILES string of the molecule is COc1ccc(Br)cc1C(=O)NC(=S)Nc1cc2nn(-c3ccc(C(C)C)cc3)nc2cc1C. The zero-order chi connectivity index (χ0) is 24.4. The Morgan fingerprint density at radius 3 is 2.38 bits per heavy atom. The number of ether oxygens (including phenoxy) is 1. The minimum absolute atomic E-state index is 0.172. The van der Waals surface area contributed by atoms with Gasteiger partial charge in [0.2, 0.25) is 0 Å². The fraction of sp³-hybridized carbons (Fsp3) is 0.200. The fourth-order valence-corrected chi connectivity index (χ4v) is 4.06. The number of rotatable bonds is 5. The van der Waals surface area contributed by atoms with Crippen LogP contribution in [-0.2, 0) is 0 Å². The van der Waals surface area contributed by atoms with E-state index in [-0.39, 0.29) is 11.0 Å². The number of fused-ring (bicyclic) bond motifs is 1. The number of carbonyl (C=O) groups excluding carboxylic acids is 1. The predicted octanol–water partition coefficient (Wildman–Crippen LogP) is 5.75. The summed E-state index contributed by atoms with van der Waals surface area (Å²) in [5.74, 6) is 0.549. The number of thiocarbonyl (C=S) groups is 1. The van der Waals surface area contributed by atoms with Gasteiger partial charge in [-0.1, -0.05) is 41.9 Å². The Balaban J connectivity index is 1.53. The molecule has 0 saturated carbocycles. The van der Waals surface area contributed by atoms with Crippen LogP contribution < -0.4 is 15.4 Å². The van der Waals surface area contributed by atoms with Gasteiger partial charge in [0, 0.05) is 10.2 Å². The van der Waals surface area contributed by atoms with Gasteiger partial charge in [-0.3, -0.25) is 10.1 Å². The highest BCUT2D eigenvalue weighted by atomic mass is 79.9. The van der Waals surface area contributed by atoms with Crippen LogP contribution in [-0.4, -0.2) is 33.1 Å². The Labute approximate surface area is 211 Å². The highest BCUT2D eigenvalue weighted by molar-refractivity contribution is 9.10. The molecule has 0 aliphatic carbocycles. The molecule has 0 spiro atoms. The standard InChI is InChI=1S/C25H24BrN5O2S/c1-14(2)16-5-8-18(9-6-16)31-29-21-11-15(3)20(13-22(21)30-31)27-25(34)28-24(32)19-12-17(26)7-10-23(19)33-4/h5-14H,1-4H3,(H2,27,28,32,34). The number of nitrogens with zero attached hydrogens (tertiary/aromatic N) is 3. The van der Waals surface area contributed by atoms with Crippen molar-refractivity contribution >= 4 is 55.9 Å². The van der Waals surface area contributed by atoms with Crippen LogP contribution in [0.25, 0.3) is 16.7 Å². The molecule has 4 rings (SSSR count). The van der Waals surface area contributed by atoms with E-state index in [0.29, 0.717) is 22.7 Å². The molecule has 4 aromatic rings. The lowest BCUT2D eigenvalue weighted by Gasteiger charge is -2.13. The number of hydrogen-bond acceptors (Lipinski definition) is 5. The summed E-state index contributed by atoms with van der Waals surface area (Å²) in [7, 11) is 1.51. The van der Waals surface area contributed by atoms with Gasteiger partial charge in [0.1, 0.15) is 16.8 Å². The molecule has 0 radical (unpaired) electrons. The predicted molar refractivity (Wildman–Crippen MR) is 142 cm³/mol. The lowest BCUT2D eigenvalue weighted by atomic mass is 10.0. The molecule has 0 aliphatic heterocycles. The number of benzene rings is 3. The Morgan fingerprint density at radius 1 is 1.06 bits per heavy atom. The summed E-state index contributed by atoms with van der Waals surface area (Å²) in [6.07, 6.45) is 0. The summed E-state index contributed by atoms with van der Waals surface area (Å²) in [6.45, 7) is 6.27. The normalized spacial score (nSPS) is 11.0. The molecule has 0 aliphatic rings. The van der Waals surface area contributed by atoms with Crippen LogP contribution >= 0.6 is 28.1 Å². The first-order valence-corrected chi connectivity index (χ1v) is 11.9. The Morgan fingerprint density at radius 2 is 1.74 bits per heavy atom. The van der Waals surface area contributed by atoms with Crippen LogP contribution in [0.1, 0.15) is 41.3 Å². The summed E-state index contributed by atoms with van der Waals surface area (Å²) >= 11 is 8.76. The average molecular weight is 538 g/mol. The Kier molecular flexibility index (Phi) is 6.95. The van der Waals surface area contributed by atoms with E-state index in [1.807, 2.05) is 31.2 Å². The van der Waals surface area contributed by atoms with Gasteiger partial charge in [-0.15, -0.1) is 10.2 Å². The van der Waals surface area contributed by atoms with Gasteiger partial charge in [-0.05, 0) is 78.7 Å². The molecule has 0 bridgehead atoms. The van der Waals surface area contributed by atoms with Gasteiger partial charge in [-0.25, -0.2) is 0 Å². The number of amides is 1. The topological polar surface area (TPSA) is 81.1 Å². The van der Waals surface area contributed by atoms with Crippen molar-refractivity contribution in [1.82, 2.24) is 20.3 Å². The Hall–Kier alpha value is -3.30. The molecule has 1 amide bonds. The second-order valence-electron chi connectivity index (χ2n) is 8.14. The monoisotopic (exact) mass is 537 g/mol. The maximum atomic E-state index is 12.7. The maximum Gasteiger partial charge on any atom is 0.261 e. The van der Waals surface area contributed by atoms with Crippen molar-refractivity contribution in [1.29, 1.82) is 0 Å². The van der Waals surface area contributed by atoms with Crippen molar-refractivity contribution in [2.75, 3.05) is 12.4 Å². The van der Waals surface area contributed by atoms with E-state index < -0.39 is 0 Å². The zero-order valence-corrected chi connectivity index (χ0v) is 21.6. The second kappa shape index (κ2) is 9.90. The van der Waals surface area contributed by atoms with Crippen molar-refractivity contribution in [3.63, 3.8) is 0 Å². The third-order valence-corrected chi connectivity index (χ3v) is 6.10. The molecule has 0 fully saturated rings. The van der Waals surface area contributed by atoms with Crippen molar-refractivity contribution in [2.45, 2.75) is 26.7 Å². The number of hydrogen-bond donors (Lipinski definition) is 2. The van der Waals surface area contributed by atoms with Crippen molar-refractivity contribution in [3.05, 3.63) is 75.8 Å². The highest BCUT2D eigenvalue weighted by Gasteiger charge is 2.15. The van der Waals surface area contributed by atoms with E-state index >= 15 is 0 Å². The first-order valence-electron chi connectivity index (χ1n) is 10.7. The number of methoxy groups -OCH3 is 1. The first kappa shape index (κ1) is 23.8. The molecule has 1 aromatic heterocycles. The minimum Gasteiger partial charge on any atom is -0.496 e. The lowest BCUT2D eigenvalue weighted by molar-refractivity contribution is 0.0974. The molecule has 174 valence electrons. The van der Waals surface area contributed by atoms with Crippen LogP contribution in [0, 0.1) is 6.92 Å². The van der Waals surface area contributed by atoms with Gasteiger partial charge >= 0.3 is 0 Å². The lowest BCUT2D eigenvalue weighted by Crippen LogP contribution is -2.34. The summed E-state index contributed by atoms with van der Waals surface area (Å²) in [5, 5.41) is 15.2. The summed E-state index contributed by atoms with van der Waals surface area (Å²) < 4.78 is 6.05. The largest absolute Gasteiger partial charge is 0.496 e. The molecule has 0 atom stereocenters. The molecule has 0 unspecified atom stereocenters. The van der Waals surface area contributed by atoms with Gasteiger partial charge < -0.3 is 10.1 Å². The number of halogens is 1. The molecule has 3 aromatic carbocycles. The van der Waals surface area contributed by atoms with Crippen molar-refractivity contribution in [3.8, 4) is 11.4 Å². The van der Waals surface area contributed by atoms with E-state index in [1.165, 1.54) is 12.7 Å². The molecule has 9 heteroatoms. The summed E-state index contributed by atoms with van der Waals surface area (Å²) in [6, 6.07) is 17.2. The van der Waals surface area contributed by atoms with Crippen LogP contribution in [0.4, 0.5) is 5.69 Å². The van der Waals surface area contributed by atoms with E-state index in [2.05, 4.69) is 62.7 Å². The second-order valence-corrected chi connectivity index (χ2v) is 9.47. The van der Waals surface area contributed by atoms with Gasteiger partial charge in [-0.2, -0.15) is 4.80 Å². The van der Waals surface area contributed by atoms with Crippen molar-refractivity contribution in [2.24, 2.45) is 0 Å². The first-order chi connectivity index (χ1) is 16.2. The Bertz CT molecular complexity index is 1380. The molecule has 1 heterocycles. The molecule has 2 N–H and O–H groups in total. The van der Waals surface area contributed by atoms with Gasteiger partial charge in [0.25, 0.3) is 5.91 Å². The minimum atomic E-state index is -0.370. The van der Waals surface area contributed by atoms with E-state index in [9.17, 15) is 4.79 Å². The smallest absolute Gasteiger partial charge is 0.261 e. The molecule has 34 heavy (non-hydrogen) atoms. The van der Waals surface area contributed by atoms with Gasteiger partial charge in [0.15, 0.2) is 5.11 Å². The van der Waals surface area contributed by atoms with E-state index in [4.69, 9.17) is 17.0 Å².